The molecule has 0 saturated carbocycles. The van der Waals surface area contributed by atoms with Crippen LogP contribution in [0.1, 0.15) is 25.0 Å². The number of hydrogen-bond acceptors (Lipinski definition) is 3. The summed E-state index contributed by atoms with van der Waals surface area (Å²) in [6.45, 7) is 8.42. The Labute approximate surface area is 160 Å². The van der Waals surface area contributed by atoms with Gasteiger partial charge in [-0.25, -0.2) is 4.98 Å². The lowest BCUT2D eigenvalue weighted by Gasteiger charge is -2.36. The molecular weight excluding hydrogens is 342 g/mol. The summed E-state index contributed by atoms with van der Waals surface area (Å²) >= 11 is 2.09. The van der Waals surface area contributed by atoms with E-state index in [1.165, 1.54) is 16.9 Å². The fourth-order valence-electron chi connectivity index (χ4n) is 3.14. The summed E-state index contributed by atoms with van der Waals surface area (Å²) in [6, 6.07) is 8.75. The van der Waals surface area contributed by atoms with Crippen LogP contribution in [0.5, 0.6) is 0 Å². The maximum atomic E-state index is 4.50. The second kappa shape index (κ2) is 9.12. The number of aromatic nitrogens is 2. The Kier molecular flexibility index (Phi) is 6.61. The molecule has 3 rings (SSSR count). The van der Waals surface area contributed by atoms with Gasteiger partial charge in [0.15, 0.2) is 5.96 Å². The zero-order chi connectivity index (χ0) is 18.4. The van der Waals surface area contributed by atoms with Crippen molar-refractivity contribution in [3.8, 4) is 0 Å². The van der Waals surface area contributed by atoms with E-state index >= 15 is 0 Å². The summed E-state index contributed by atoms with van der Waals surface area (Å²) < 4.78 is 2.08. The lowest BCUT2D eigenvalue weighted by molar-refractivity contribution is 0.380. The number of aliphatic imine (C=N–C) groups is 1. The summed E-state index contributed by atoms with van der Waals surface area (Å²) in [5.41, 5.74) is 2.55. The van der Waals surface area contributed by atoms with Gasteiger partial charge in [-0.3, -0.25) is 4.99 Å². The van der Waals surface area contributed by atoms with Gasteiger partial charge in [0, 0.05) is 56.6 Å². The van der Waals surface area contributed by atoms with Crippen molar-refractivity contribution in [3.05, 3.63) is 54.1 Å². The molecule has 26 heavy (non-hydrogen) atoms. The Morgan fingerprint density at radius 2 is 2.08 bits per heavy atom. The average molecular weight is 372 g/mol. The highest BCUT2D eigenvalue weighted by atomic mass is 32.2. The van der Waals surface area contributed by atoms with Gasteiger partial charge in [-0.15, -0.1) is 0 Å². The largest absolute Gasteiger partial charge is 0.352 e. The van der Waals surface area contributed by atoms with Gasteiger partial charge < -0.3 is 14.8 Å². The van der Waals surface area contributed by atoms with Crippen LogP contribution in [0, 0.1) is 5.92 Å². The summed E-state index contributed by atoms with van der Waals surface area (Å²) in [5, 5.41) is 4.22. The fourth-order valence-corrected chi connectivity index (χ4v) is 4.44. The van der Waals surface area contributed by atoms with Crippen LogP contribution in [0.4, 0.5) is 0 Å². The molecular formula is C20H29N5S. The van der Waals surface area contributed by atoms with E-state index in [0.29, 0.717) is 11.2 Å². The van der Waals surface area contributed by atoms with E-state index in [9.17, 15) is 0 Å². The normalized spacial score (nSPS) is 18.4. The van der Waals surface area contributed by atoms with Crippen LogP contribution < -0.4 is 5.32 Å². The standard InChI is InChI=1S/C20H29N5S/c1-16(2)19-14-25(10-11-26-19)20(21-3)23-12-17-4-6-18(7-5-17)13-24-9-8-22-15-24/h4-9,15-16,19H,10-14H2,1-3H3,(H,21,23). The molecule has 0 aliphatic carbocycles. The highest BCUT2D eigenvalue weighted by Crippen LogP contribution is 2.24. The van der Waals surface area contributed by atoms with Gasteiger partial charge in [0.25, 0.3) is 0 Å². The molecule has 1 aliphatic heterocycles. The third kappa shape index (κ3) is 5.04. The van der Waals surface area contributed by atoms with Crippen molar-refractivity contribution in [3.63, 3.8) is 0 Å². The quantitative estimate of drug-likeness (QED) is 0.648. The molecule has 6 heteroatoms. The number of hydrogen-bond donors (Lipinski definition) is 1. The van der Waals surface area contributed by atoms with Crippen molar-refractivity contribution in [2.24, 2.45) is 10.9 Å². The van der Waals surface area contributed by atoms with Crippen molar-refractivity contribution in [2.75, 3.05) is 25.9 Å². The smallest absolute Gasteiger partial charge is 0.193 e. The summed E-state index contributed by atoms with van der Waals surface area (Å²) in [4.78, 5) is 11.0. The van der Waals surface area contributed by atoms with Gasteiger partial charge >= 0.3 is 0 Å². The molecule has 1 aliphatic rings. The third-order valence-corrected chi connectivity index (χ3v) is 6.29. The molecule has 2 heterocycles. The maximum Gasteiger partial charge on any atom is 0.193 e. The van der Waals surface area contributed by atoms with E-state index in [0.717, 1.165) is 32.1 Å². The van der Waals surface area contributed by atoms with Crippen LogP contribution >= 0.6 is 11.8 Å². The van der Waals surface area contributed by atoms with Gasteiger partial charge in [-0.1, -0.05) is 38.1 Å². The average Bonchev–Trinajstić information content (AvgIpc) is 3.17. The van der Waals surface area contributed by atoms with Crippen molar-refractivity contribution in [2.45, 2.75) is 32.2 Å². The zero-order valence-corrected chi connectivity index (χ0v) is 16.7. The number of imidazole rings is 1. The number of rotatable bonds is 5. The lowest BCUT2D eigenvalue weighted by atomic mass is 10.1. The summed E-state index contributed by atoms with van der Waals surface area (Å²) in [6.07, 6.45) is 5.65. The van der Waals surface area contributed by atoms with Gasteiger partial charge in [-0.2, -0.15) is 11.8 Å². The Hall–Kier alpha value is -1.95. The maximum absolute atomic E-state index is 4.50. The van der Waals surface area contributed by atoms with Gasteiger partial charge in [-0.05, 0) is 17.0 Å². The fraction of sp³-hybridized carbons (Fsp3) is 0.500. The molecule has 1 unspecified atom stereocenters. The van der Waals surface area contributed by atoms with Crippen LogP contribution in [0.15, 0.2) is 48.0 Å². The first kappa shape index (κ1) is 18.8. The molecule has 1 aromatic carbocycles. The van der Waals surface area contributed by atoms with E-state index in [1.54, 1.807) is 0 Å². The number of nitrogens with zero attached hydrogens (tertiary/aromatic N) is 4. The first-order valence-electron chi connectivity index (χ1n) is 9.26. The molecule has 1 fully saturated rings. The highest BCUT2D eigenvalue weighted by Gasteiger charge is 2.24. The van der Waals surface area contributed by atoms with Crippen LogP contribution in [-0.2, 0) is 13.1 Å². The van der Waals surface area contributed by atoms with E-state index in [4.69, 9.17) is 0 Å². The number of benzene rings is 1. The minimum absolute atomic E-state index is 0.685. The van der Waals surface area contributed by atoms with Crippen LogP contribution in [0.2, 0.25) is 0 Å². The van der Waals surface area contributed by atoms with Gasteiger partial charge in [0.05, 0.1) is 6.33 Å². The monoisotopic (exact) mass is 371 g/mol. The molecule has 0 radical (unpaired) electrons. The Bertz CT molecular complexity index is 694. The molecule has 0 bridgehead atoms. The van der Waals surface area contributed by atoms with Crippen LogP contribution in [0.25, 0.3) is 0 Å². The lowest BCUT2D eigenvalue weighted by Crippen LogP contribution is -2.48. The molecule has 5 nitrogen and oxygen atoms in total. The molecule has 0 spiro atoms. The van der Waals surface area contributed by atoms with E-state index in [-0.39, 0.29) is 0 Å². The van der Waals surface area contributed by atoms with Crippen molar-refractivity contribution in [1.29, 1.82) is 0 Å². The summed E-state index contributed by atoms with van der Waals surface area (Å²) in [7, 11) is 1.88. The van der Waals surface area contributed by atoms with E-state index < -0.39 is 0 Å². The molecule has 1 saturated heterocycles. The van der Waals surface area contributed by atoms with Crippen molar-refractivity contribution < 1.29 is 0 Å². The molecule has 1 N–H and O–H groups in total. The predicted octanol–water partition coefficient (Wildman–Crippen LogP) is 3.08. The zero-order valence-electron chi connectivity index (χ0n) is 15.9. The number of thioether (sulfide) groups is 1. The topological polar surface area (TPSA) is 45.5 Å². The first-order valence-corrected chi connectivity index (χ1v) is 10.3. The first-order chi connectivity index (χ1) is 12.7. The molecule has 140 valence electrons. The number of nitrogens with one attached hydrogen (secondary N) is 1. The van der Waals surface area contributed by atoms with Crippen LogP contribution in [0.3, 0.4) is 0 Å². The second-order valence-electron chi connectivity index (χ2n) is 7.05. The third-order valence-electron chi connectivity index (χ3n) is 4.75. The minimum Gasteiger partial charge on any atom is -0.352 e. The Morgan fingerprint density at radius 1 is 1.31 bits per heavy atom. The van der Waals surface area contributed by atoms with Gasteiger partial charge in [0.1, 0.15) is 0 Å². The second-order valence-corrected chi connectivity index (χ2v) is 8.40. The SMILES string of the molecule is CN=C(NCc1ccc(Cn2ccnc2)cc1)N1CCSC(C(C)C)C1. The molecule has 2 aromatic rings. The molecule has 1 atom stereocenters. The summed E-state index contributed by atoms with van der Waals surface area (Å²) in [5.74, 6) is 2.88. The minimum atomic E-state index is 0.685. The Morgan fingerprint density at radius 3 is 2.73 bits per heavy atom. The molecule has 0 amide bonds. The van der Waals surface area contributed by atoms with E-state index in [1.807, 2.05) is 25.8 Å². The van der Waals surface area contributed by atoms with Crippen molar-refractivity contribution >= 4 is 17.7 Å². The Balaban J connectivity index is 1.53. The van der Waals surface area contributed by atoms with Crippen LogP contribution in [-0.4, -0.2) is 51.6 Å². The predicted molar refractivity (Wildman–Crippen MR) is 111 cm³/mol. The molecule has 1 aromatic heterocycles. The van der Waals surface area contributed by atoms with Crippen molar-refractivity contribution in [1.82, 2.24) is 19.8 Å². The number of guanidine groups is 1. The van der Waals surface area contributed by atoms with Gasteiger partial charge in [0.2, 0.25) is 0 Å². The highest BCUT2D eigenvalue weighted by molar-refractivity contribution is 8.00. The van der Waals surface area contributed by atoms with E-state index in [2.05, 4.69) is 74.6 Å².